The first kappa shape index (κ1) is 23.1. The zero-order valence-corrected chi connectivity index (χ0v) is 19.6. The van der Waals surface area contributed by atoms with Crippen LogP contribution in [0.4, 0.5) is 4.39 Å². The standard InChI is InChI=1S/C28H23ClFNO4/c29-24-13-18(8-9-25(24)30)23-15-22(12-19-6-7-20(27(19)23)14-26(32)33)34-11-10-21-16-35-28(31-21)17-4-2-1-3-5-17/h1-5,8-9,12-13,15-16,20H,6-7,10-11,14H2,(H,32,33). The van der Waals surface area contributed by atoms with E-state index < -0.39 is 11.8 Å². The topological polar surface area (TPSA) is 72.6 Å². The Labute approximate surface area is 207 Å². The van der Waals surface area contributed by atoms with Crippen LogP contribution in [0.25, 0.3) is 22.6 Å². The van der Waals surface area contributed by atoms with Gasteiger partial charge in [0.05, 0.1) is 23.7 Å². The number of aryl methyl sites for hydroxylation is 1. The van der Waals surface area contributed by atoms with E-state index in [9.17, 15) is 14.3 Å². The fourth-order valence-corrected chi connectivity index (χ4v) is 4.84. The number of aliphatic carboxylic acids is 1. The van der Waals surface area contributed by atoms with Crippen molar-refractivity contribution in [2.75, 3.05) is 6.61 Å². The number of carbonyl (C=O) groups is 1. The minimum Gasteiger partial charge on any atom is -0.493 e. The van der Waals surface area contributed by atoms with Crippen molar-refractivity contribution in [1.29, 1.82) is 0 Å². The molecule has 178 valence electrons. The molecule has 0 radical (unpaired) electrons. The van der Waals surface area contributed by atoms with Crippen LogP contribution in [0.3, 0.4) is 0 Å². The van der Waals surface area contributed by atoms with Gasteiger partial charge in [-0.05, 0) is 77.4 Å². The summed E-state index contributed by atoms with van der Waals surface area (Å²) in [6.07, 6.45) is 3.75. The lowest BCUT2D eigenvalue weighted by Gasteiger charge is -2.17. The van der Waals surface area contributed by atoms with Gasteiger partial charge < -0.3 is 14.3 Å². The number of nitrogens with zero attached hydrogens (tertiary/aromatic N) is 1. The molecule has 5 rings (SSSR count). The highest BCUT2D eigenvalue weighted by Crippen LogP contribution is 2.44. The molecule has 4 aromatic rings. The Kier molecular flexibility index (Phi) is 6.55. The summed E-state index contributed by atoms with van der Waals surface area (Å²) in [5.74, 6) is -0.209. The third-order valence-corrected chi connectivity index (χ3v) is 6.55. The first-order valence-corrected chi connectivity index (χ1v) is 11.8. The van der Waals surface area contributed by atoms with E-state index in [0.29, 0.717) is 24.7 Å². The molecule has 0 amide bonds. The van der Waals surface area contributed by atoms with E-state index in [1.165, 1.54) is 6.07 Å². The maximum Gasteiger partial charge on any atom is 0.303 e. The zero-order valence-electron chi connectivity index (χ0n) is 18.8. The van der Waals surface area contributed by atoms with Crippen molar-refractivity contribution in [2.24, 2.45) is 0 Å². The predicted octanol–water partition coefficient (Wildman–Crippen LogP) is 6.93. The normalized spacial score (nSPS) is 14.6. The quantitative estimate of drug-likeness (QED) is 0.289. The third kappa shape index (κ3) is 5.08. The van der Waals surface area contributed by atoms with Gasteiger partial charge >= 0.3 is 5.97 Å². The number of benzene rings is 3. The molecule has 1 unspecified atom stereocenters. The zero-order chi connectivity index (χ0) is 24.4. The molecule has 1 heterocycles. The number of aromatic nitrogens is 1. The summed E-state index contributed by atoms with van der Waals surface area (Å²) in [4.78, 5) is 16.0. The summed E-state index contributed by atoms with van der Waals surface area (Å²) in [5.41, 5.74) is 5.30. The summed E-state index contributed by atoms with van der Waals surface area (Å²) in [5, 5.41) is 9.41. The summed E-state index contributed by atoms with van der Waals surface area (Å²) >= 11 is 6.06. The van der Waals surface area contributed by atoms with Crippen molar-refractivity contribution in [3.63, 3.8) is 0 Å². The van der Waals surface area contributed by atoms with Gasteiger partial charge in [-0.15, -0.1) is 0 Å². The molecule has 1 aliphatic carbocycles. The number of carboxylic acids is 1. The van der Waals surface area contributed by atoms with E-state index in [1.807, 2.05) is 42.5 Å². The van der Waals surface area contributed by atoms with Crippen molar-refractivity contribution < 1.29 is 23.4 Å². The lowest BCUT2D eigenvalue weighted by molar-refractivity contribution is -0.137. The van der Waals surface area contributed by atoms with Gasteiger partial charge in [-0.1, -0.05) is 35.9 Å². The molecule has 0 saturated heterocycles. The second-order valence-corrected chi connectivity index (χ2v) is 9.02. The molecule has 5 nitrogen and oxygen atoms in total. The number of oxazole rings is 1. The molecule has 1 atom stereocenters. The molecule has 1 N–H and O–H groups in total. The van der Waals surface area contributed by atoms with E-state index in [1.54, 1.807) is 18.4 Å². The van der Waals surface area contributed by atoms with Crippen LogP contribution in [0.15, 0.2) is 71.3 Å². The van der Waals surface area contributed by atoms with Gasteiger partial charge in [0.2, 0.25) is 5.89 Å². The molecule has 7 heteroatoms. The SMILES string of the molecule is O=C(O)CC1CCc2cc(OCCc3coc(-c4ccccc4)n3)cc(-c3ccc(F)c(Cl)c3)c21. The second kappa shape index (κ2) is 9.92. The molecule has 0 fully saturated rings. The van der Waals surface area contributed by atoms with E-state index in [4.69, 9.17) is 20.8 Å². The van der Waals surface area contributed by atoms with Crippen LogP contribution < -0.4 is 4.74 Å². The van der Waals surface area contributed by atoms with Crippen LogP contribution in [-0.4, -0.2) is 22.7 Å². The van der Waals surface area contributed by atoms with Crippen LogP contribution in [0.1, 0.15) is 35.6 Å². The molecule has 0 aliphatic heterocycles. The number of ether oxygens (including phenoxy) is 1. The number of rotatable bonds is 8. The van der Waals surface area contributed by atoms with Gasteiger partial charge in [0, 0.05) is 12.0 Å². The molecular formula is C28H23ClFNO4. The minimum atomic E-state index is -0.839. The average Bonchev–Trinajstić information content (AvgIpc) is 3.48. The van der Waals surface area contributed by atoms with E-state index in [0.717, 1.165) is 46.4 Å². The summed E-state index contributed by atoms with van der Waals surface area (Å²) < 4.78 is 25.5. The molecule has 0 spiro atoms. The first-order valence-electron chi connectivity index (χ1n) is 11.4. The lowest BCUT2D eigenvalue weighted by atomic mass is 9.89. The minimum absolute atomic E-state index is 0.0237. The Hall–Kier alpha value is -3.64. The molecule has 0 saturated carbocycles. The van der Waals surface area contributed by atoms with Crippen LogP contribution in [-0.2, 0) is 17.6 Å². The highest BCUT2D eigenvalue weighted by molar-refractivity contribution is 6.31. The third-order valence-electron chi connectivity index (χ3n) is 6.26. The van der Waals surface area contributed by atoms with Crippen LogP contribution in [0, 0.1) is 5.82 Å². The maximum atomic E-state index is 13.8. The van der Waals surface area contributed by atoms with E-state index in [-0.39, 0.29) is 17.4 Å². The van der Waals surface area contributed by atoms with Gasteiger partial charge in [-0.2, -0.15) is 0 Å². The van der Waals surface area contributed by atoms with Crippen LogP contribution in [0.2, 0.25) is 5.02 Å². The van der Waals surface area contributed by atoms with E-state index >= 15 is 0 Å². The predicted molar refractivity (Wildman–Crippen MR) is 131 cm³/mol. The molecule has 0 bridgehead atoms. The summed E-state index contributed by atoms with van der Waals surface area (Å²) in [6.45, 7) is 0.391. The van der Waals surface area contributed by atoms with Gasteiger partial charge in [-0.25, -0.2) is 9.37 Å². The molecule has 35 heavy (non-hydrogen) atoms. The van der Waals surface area contributed by atoms with Crippen molar-refractivity contribution in [2.45, 2.75) is 31.6 Å². The largest absolute Gasteiger partial charge is 0.493 e. The van der Waals surface area contributed by atoms with Crippen molar-refractivity contribution in [1.82, 2.24) is 4.98 Å². The van der Waals surface area contributed by atoms with Gasteiger partial charge in [0.1, 0.15) is 17.8 Å². The molecule has 1 aliphatic rings. The van der Waals surface area contributed by atoms with Crippen LogP contribution >= 0.6 is 11.6 Å². The summed E-state index contributed by atoms with van der Waals surface area (Å²) in [6, 6.07) is 18.1. The van der Waals surface area contributed by atoms with Gasteiger partial charge in [0.15, 0.2) is 0 Å². The molecular weight excluding hydrogens is 469 g/mol. The Morgan fingerprint density at radius 3 is 2.74 bits per heavy atom. The van der Waals surface area contributed by atoms with Crippen molar-refractivity contribution in [3.8, 4) is 28.3 Å². The van der Waals surface area contributed by atoms with Gasteiger partial charge in [-0.3, -0.25) is 4.79 Å². The number of carboxylic acid groups (broad SMARTS) is 1. The number of halogens is 2. The van der Waals surface area contributed by atoms with Gasteiger partial charge in [0.25, 0.3) is 0 Å². The average molecular weight is 492 g/mol. The fourth-order valence-electron chi connectivity index (χ4n) is 4.66. The van der Waals surface area contributed by atoms with E-state index in [2.05, 4.69) is 4.98 Å². The Balaban J connectivity index is 1.38. The highest BCUT2D eigenvalue weighted by Gasteiger charge is 2.29. The summed E-state index contributed by atoms with van der Waals surface area (Å²) in [7, 11) is 0. The second-order valence-electron chi connectivity index (χ2n) is 8.61. The van der Waals surface area contributed by atoms with Crippen molar-refractivity contribution in [3.05, 3.63) is 94.6 Å². The van der Waals surface area contributed by atoms with Crippen molar-refractivity contribution >= 4 is 17.6 Å². The number of hydrogen-bond acceptors (Lipinski definition) is 4. The monoisotopic (exact) mass is 491 g/mol. The number of fused-ring (bicyclic) bond motifs is 1. The first-order chi connectivity index (χ1) is 17.0. The Morgan fingerprint density at radius 1 is 1.14 bits per heavy atom. The molecule has 1 aromatic heterocycles. The van der Waals surface area contributed by atoms with Crippen LogP contribution in [0.5, 0.6) is 5.75 Å². The lowest BCUT2D eigenvalue weighted by Crippen LogP contribution is -2.06. The smallest absolute Gasteiger partial charge is 0.303 e. The maximum absolute atomic E-state index is 13.8. The fraction of sp³-hybridized carbons (Fsp3) is 0.214. The Bertz CT molecular complexity index is 1370. The molecule has 3 aromatic carbocycles. The Morgan fingerprint density at radius 2 is 1.97 bits per heavy atom. The highest BCUT2D eigenvalue weighted by atomic mass is 35.5. The number of hydrogen-bond donors (Lipinski definition) is 1.